The highest BCUT2D eigenvalue weighted by molar-refractivity contribution is 6.17. The standard InChI is InChI=1S/C16H18ClN3/c17-9-14-11-19-15(13-7-4-8-13)20-16(14)18-10-12-5-2-1-3-6-12/h1-3,5-6,11,13H,4,7-10H2,(H,18,19,20). The van der Waals surface area contributed by atoms with Crippen molar-refractivity contribution in [2.45, 2.75) is 37.6 Å². The van der Waals surface area contributed by atoms with Crippen LogP contribution in [0.25, 0.3) is 0 Å². The molecule has 20 heavy (non-hydrogen) atoms. The number of nitrogens with one attached hydrogen (secondary N) is 1. The second-order valence-corrected chi connectivity index (χ2v) is 5.47. The monoisotopic (exact) mass is 287 g/mol. The molecule has 0 aliphatic heterocycles. The fourth-order valence-electron chi connectivity index (χ4n) is 2.32. The van der Waals surface area contributed by atoms with E-state index in [0.29, 0.717) is 11.8 Å². The van der Waals surface area contributed by atoms with Crippen LogP contribution in [0.4, 0.5) is 5.82 Å². The summed E-state index contributed by atoms with van der Waals surface area (Å²) in [6.07, 6.45) is 5.57. The second-order valence-electron chi connectivity index (χ2n) is 5.20. The Bertz CT molecular complexity index is 567. The Balaban J connectivity index is 1.76. The van der Waals surface area contributed by atoms with Crippen molar-refractivity contribution < 1.29 is 0 Å². The summed E-state index contributed by atoms with van der Waals surface area (Å²) >= 11 is 5.97. The Hall–Kier alpha value is -1.61. The lowest BCUT2D eigenvalue weighted by molar-refractivity contribution is 0.401. The van der Waals surface area contributed by atoms with Gasteiger partial charge in [0.05, 0.1) is 5.88 Å². The number of aromatic nitrogens is 2. The van der Waals surface area contributed by atoms with E-state index < -0.39 is 0 Å². The van der Waals surface area contributed by atoms with Gasteiger partial charge in [-0.3, -0.25) is 0 Å². The summed E-state index contributed by atoms with van der Waals surface area (Å²) in [6, 6.07) is 10.3. The van der Waals surface area contributed by atoms with Crippen LogP contribution in [-0.2, 0) is 12.4 Å². The van der Waals surface area contributed by atoms with E-state index >= 15 is 0 Å². The van der Waals surface area contributed by atoms with Gasteiger partial charge in [-0.25, -0.2) is 9.97 Å². The molecule has 0 atom stereocenters. The molecule has 1 saturated carbocycles. The van der Waals surface area contributed by atoms with Gasteiger partial charge in [-0.2, -0.15) is 0 Å². The lowest BCUT2D eigenvalue weighted by atomic mass is 9.85. The molecule has 0 bridgehead atoms. The van der Waals surface area contributed by atoms with Crippen molar-refractivity contribution in [3.05, 3.63) is 53.5 Å². The zero-order chi connectivity index (χ0) is 13.8. The topological polar surface area (TPSA) is 37.8 Å². The summed E-state index contributed by atoms with van der Waals surface area (Å²) in [5.41, 5.74) is 2.20. The Morgan fingerprint density at radius 2 is 2.00 bits per heavy atom. The first-order chi connectivity index (χ1) is 9.86. The van der Waals surface area contributed by atoms with Crippen molar-refractivity contribution in [3.8, 4) is 0 Å². The fourth-order valence-corrected chi connectivity index (χ4v) is 2.51. The molecule has 1 N–H and O–H groups in total. The number of rotatable bonds is 5. The molecule has 1 fully saturated rings. The molecule has 0 unspecified atom stereocenters. The van der Waals surface area contributed by atoms with Crippen molar-refractivity contribution in [1.82, 2.24) is 9.97 Å². The van der Waals surface area contributed by atoms with Gasteiger partial charge in [0.2, 0.25) is 0 Å². The molecule has 2 aromatic rings. The highest BCUT2D eigenvalue weighted by atomic mass is 35.5. The quantitative estimate of drug-likeness (QED) is 0.842. The van der Waals surface area contributed by atoms with Crippen LogP contribution in [0, 0.1) is 0 Å². The van der Waals surface area contributed by atoms with Crippen LogP contribution in [0.3, 0.4) is 0 Å². The van der Waals surface area contributed by atoms with Gasteiger partial charge in [-0.05, 0) is 18.4 Å². The van der Waals surface area contributed by atoms with Gasteiger partial charge in [0.1, 0.15) is 11.6 Å². The Morgan fingerprint density at radius 1 is 1.20 bits per heavy atom. The number of alkyl halides is 1. The van der Waals surface area contributed by atoms with Gasteiger partial charge in [-0.1, -0.05) is 36.8 Å². The Morgan fingerprint density at radius 3 is 2.65 bits per heavy atom. The summed E-state index contributed by atoms with van der Waals surface area (Å²) in [5, 5.41) is 3.39. The van der Waals surface area contributed by atoms with Crippen molar-refractivity contribution in [3.63, 3.8) is 0 Å². The maximum absolute atomic E-state index is 5.97. The van der Waals surface area contributed by atoms with Gasteiger partial charge >= 0.3 is 0 Å². The predicted molar refractivity (Wildman–Crippen MR) is 81.9 cm³/mol. The molecule has 4 heteroatoms. The molecule has 1 heterocycles. The molecule has 0 radical (unpaired) electrons. The number of benzene rings is 1. The lowest BCUT2D eigenvalue weighted by Gasteiger charge is -2.24. The zero-order valence-electron chi connectivity index (χ0n) is 11.3. The molecule has 0 saturated heterocycles. The third-order valence-corrected chi connectivity index (χ3v) is 4.09. The molecule has 1 aliphatic carbocycles. The van der Waals surface area contributed by atoms with Crippen LogP contribution in [0.15, 0.2) is 36.5 Å². The minimum absolute atomic E-state index is 0.433. The van der Waals surface area contributed by atoms with Gasteiger partial charge < -0.3 is 5.32 Å². The molecule has 104 valence electrons. The van der Waals surface area contributed by atoms with Gasteiger partial charge in [0.25, 0.3) is 0 Å². The molecule has 0 amide bonds. The molecule has 1 aromatic carbocycles. The van der Waals surface area contributed by atoms with E-state index in [-0.39, 0.29) is 0 Å². The average Bonchev–Trinajstić information content (AvgIpc) is 2.45. The number of hydrogen-bond acceptors (Lipinski definition) is 3. The van der Waals surface area contributed by atoms with E-state index in [1.807, 2.05) is 24.4 Å². The summed E-state index contributed by atoms with van der Waals surface area (Å²) in [6.45, 7) is 0.756. The third-order valence-electron chi connectivity index (χ3n) is 3.80. The molecule has 3 nitrogen and oxygen atoms in total. The maximum atomic E-state index is 5.97. The number of nitrogens with zero attached hydrogens (tertiary/aromatic N) is 2. The molecule has 1 aromatic heterocycles. The van der Waals surface area contributed by atoms with Crippen LogP contribution in [-0.4, -0.2) is 9.97 Å². The summed E-state index contributed by atoms with van der Waals surface area (Å²) in [5.74, 6) is 2.81. The van der Waals surface area contributed by atoms with E-state index in [2.05, 4.69) is 27.4 Å². The summed E-state index contributed by atoms with van der Waals surface area (Å²) in [4.78, 5) is 9.13. The van der Waals surface area contributed by atoms with Crippen molar-refractivity contribution in [2.75, 3.05) is 5.32 Å². The van der Waals surface area contributed by atoms with Crippen LogP contribution < -0.4 is 5.32 Å². The lowest BCUT2D eigenvalue weighted by Crippen LogP contribution is -2.15. The van der Waals surface area contributed by atoms with Crippen LogP contribution in [0.1, 0.15) is 42.1 Å². The van der Waals surface area contributed by atoms with Gasteiger partial charge in [0.15, 0.2) is 0 Å². The highest BCUT2D eigenvalue weighted by Gasteiger charge is 2.23. The van der Waals surface area contributed by atoms with Crippen molar-refractivity contribution >= 4 is 17.4 Å². The van der Waals surface area contributed by atoms with Crippen molar-refractivity contribution in [2.24, 2.45) is 0 Å². The molecule has 3 rings (SSSR count). The minimum atomic E-state index is 0.433. The van der Waals surface area contributed by atoms with Crippen molar-refractivity contribution in [1.29, 1.82) is 0 Å². The zero-order valence-corrected chi connectivity index (χ0v) is 12.1. The third kappa shape index (κ3) is 2.93. The van der Waals surface area contributed by atoms with E-state index in [4.69, 9.17) is 11.6 Å². The smallest absolute Gasteiger partial charge is 0.134 e. The Labute approximate surface area is 124 Å². The van der Waals surface area contributed by atoms with E-state index in [0.717, 1.165) is 23.8 Å². The average molecular weight is 288 g/mol. The van der Waals surface area contributed by atoms with E-state index in [1.165, 1.54) is 24.8 Å². The van der Waals surface area contributed by atoms with E-state index in [9.17, 15) is 0 Å². The highest BCUT2D eigenvalue weighted by Crippen LogP contribution is 2.35. The van der Waals surface area contributed by atoms with Gasteiger partial charge in [0, 0.05) is 24.2 Å². The number of halogens is 1. The summed E-state index contributed by atoms with van der Waals surface area (Å²) in [7, 11) is 0. The number of hydrogen-bond donors (Lipinski definition) is 1. The number of anilines is 1. The second kappa shape index (κ2) is 6.23. The first-order valence-electron chi connectivity index (χ1n) is 7.06. The largest absolute Gasteiger partial charge is 0.366 e. The maximum Gasteiger partial charge on any atom is 0.134 e. The normalized spacial score (nSPS) is 14.8. The Kier molecular flexibility index (Phi) is 4.16. The van der Waals surface area contributed by atoms with Crippen LogP contribution >= 0.6 is 11.6 Å². The van der Waals surface area contributed by atoms with Crippen LogP contribution in [0.2, 0.25) is 0 Å². The van der Waals surface area contributed by atoms with Crippen LogP contribution in [0.5, 0.6) is 0 Å². The minimum Gasteiger partial charge on any atom is -0.366 e. The fraction of sp³-hybridized carbons (Fsp3) is 0.375. The SMILES string of the molecule is ClCc1cnc(C2CCC2)nc1NCc1ccccc1. The summed E-state index contributed by atoms with van der Waals surface area (Å²) < 4.78 is 0. The first-order valence-corrected chi connectivity index (χ1v) is 7.60. The van der Waals surface area contributed by atoms with E-state index in [1.54, 1.807) is 0 Å². The molecular weight excluding hydrogens is 270 g/mol. The molecule has 1 aliphatic rings. The molecular formula is C16H18ClN3. The molecule has 0 spiro atoms. The van der Waals surface area contributed by atoms with Gasteiger partial charge in [-0.15, -0.1) is 11.6 Å². The predicted octanol–water partition coefficient (Wildman–Crippen LogP) is 4.10. The first kappa shape index (κ1) is 13.4.